The van der Waals surface area contributed by atoms with E-state index in [1.165, 1.54) is 154 Å². The summed E-state index contributed by atoms with van der Waals surface area (Å²) in [4.78, 5) is 23.8. The zero-order valence-corrected chi connectivity index (χ0v) is 30.7. The topological polar surface area (TPSA) is 106 Å². The molecule has 0 radical (unpaired) electrons. The van der Waals surface area contributed by atoms with Gasteiger partial charge < -0.3 is 21.4 Å². The van der Waals surface area contributed by atoms with Crippen LogP contribution in [0.1, 0.15) is 212 Å². The van der Waals surface area contributed by atoms with Gasteiger partial charge in [0, 0.05) is 12.8 Å². The molecule has 0 heterocycles. The molecular formula is C34H74Mg2O5. The maximum absolute atomic E-state index is 11.9. The molecule has 41 heavy (non-hydrogen) atoms. The van der Waals surface area contributed by atoms with Crippen LogP contribution in [0, 0.1) is 0 Å². The second-order valence-electron chi connectivity index (χ2n) is 11.5. The van der Waals surface area contributed by atoms with Crippen LogP contribution < -0.4 is 0 Å². The Morgan fingerprint density at radius 1 is 0.366 bits per heavy atom. The molecule has 0 unspecified atom stereocenters. The number of hydrogen-bond donors (Lipinski definition) is 0. The summed E-state index contributed by atoms with van der Waals surface area (Å²) in [6.45, 7) is 4.55. The summed E-state index contributed by atoms with van der Waals surface area (Å²) in [5, 5.41) is 0. The van der Waals surface area contributed by atoms with Crippen molar-refractivity contribution in [2.75, 3.05) is 0 Å². The van der Waals surface area contributed by atoms with Gasteiger partial charge in [-0.15, -0.1) is 0 Å². The molecule has 4 N–H and O–H groups in total. The average Bonchev–Trinajstić information content (AvgIpc) is 2.89. The van der Waals surface area contributed by atoms with Crippen LogP contribution in [0.4, 0.5) is 0 Å². The maximum Gasteiger partial charge on any atom is 2.00 e. The van der Waals surface area contributed by atoms with Crippen molar-refractivity contribution in [3.63, 3.8) is 0 Å². The van der Waals surface area contributed by atoms with Crippen LogP contribution in [0.3, 0.4) is 0 Å². The van der Waals surface area contributed by atoms with E-state index in [1.807, 2.05) is 0 Å². The molecule has 0 saturated heterocycles. The molecule has 5 nitrogen and oxygen atoms in total. The molecule has 0 spiro atoms. The fourth-order valence-corrected chi connectivity index (χ4v) is 5.16. The Hall–Kier alpha value is 0.592. The largest absolute Gasteiger partial charge is 2.00 e. The molecule has 244 valence electrons. The molecule has 0 aliphatic carbocycles. The van der Waals surface area contributed by atoms with Gasteiger partial charge >= 0.3 is 58.0 Å². The number of carbonyl (C=O) groups is 2. The van der Waals surface area contributed by atoms with Gasteiger partial charge in [0.05, 0.1) is 0 Å². The zero-order valence-electron chi connectivity index (χ0n) is 31.9. The first-order valence-corrected chi connectivity index (χ1v) is 16.9. The first-order chi connectivity index (χ1) is 18.2. The molecule has 0 rings (SSSR count). The van der Waals surface area contributed by atoms with E-state index < -0.39 is 0 Å². The van der Waals surface area contributed by atoms with E-state index >= 15 is 0 Å². The zero-order chi connectivity index (χ0) is 27.1. The summed E-state index contributed by atoms with van der Waals surface area (Å²) in [6, 6.07) is 0. The van der Waals surface area contributed by atoms with E-state index in [4.69, 9.17) is 4.74 Å². The van der Waals surface area contributed by atoms with Gasteiger partial charge in [-0.1, -0.05) is 181 Å². The minimum atomic E-state index is -0.325. The third-order valence-corrected chi connectivity index (χ3v) is 7.70. The smallest absolute Gasteiger partial charge is 1.00 e. The third kappa shape index (κ3) is 45.2. The summed E-state index contributed by atoms with van der Waals surface area (Å²) in [6.07, 6.45) is 37.2. The fourth-order valence-electron chi connectivity index (χ4n) is 5.16. The Balaban J connectivity index is -0.000000231. The molecule has 0 amide bonds. The van der Waals surface area contributed by atoms with Crippen molar-refractivity contribution in [3.05, 3.63) is 0 Å². The molecule has 0 bridgehead atoms. The van der Waals surface area contributed by atoms with Crippen molar-refractivity contribution in [3.8, 4) is 0 Å². The van der Waals surface area contributed by atoms with Crippen molar-refractivity contribution in [2.45, 2.75) is 206 Å². The second-order valence-corrected chi connectivity index (χ2v) is 11.5. The summed E-state index contributed by atoms with van der Waals surface area (Å²) in [5.74, 6) is -0.650. The Kier molecular flexibility index (Phi) is 56.2. The summed E-state index contributed by atoms with van der Waals surface area (Å²) in [5.41, 5.74) is 0. The van der Waals surface area contributed by atoms with Gasteiger partial charge in [-0.3, -0.25) is 9.59 Å². The number of rotatable bonds is 30. The Morgan fingerprint density at radius 2 is 0.537 bits per heavy atom. The van der Waals surface area contributed by atoms with Gasteiger partial charge in [0.25, 0.3) is 0 Å². The molecule has 0 aliphatic heterocycles. The van der Waals surface area contributed by atoms with Crippen LogP contribution >= 0.6 is 0 Å². The van der Waals surface area contributed by atoms with Gasteiger partial charge in [-0.05, 0) is 12.8 Å². The number of esters is 2. The van der Waals surface area contributed by atoms with Crippen molar-refractivity contribution in [2.24, 2.45) is 0 Å². The monoisotopic (exact) mass is 611 g/mol. The van der Waals surface area contributed by atoms with E-state index in [1.54, 1.807) is 0 Å². The molecule has 7 heteroatoms. The standard InChI is InChI=1S/C34H66O3.2Mg.2H2O.4H/c1-3-5-7-9-11-13-15-17-18-20-22-24-26-28-30-32-34(36)37-33(35)31-29-27-25-23-21-19-16-14-12-10-8-6-4-2;;;;;;;;/h3-32H2,1-2H3;;;2*1H2;;;;/q;2*+2;;;4*-1. The minimum absolute atomic E-state index is 0. The minimum Gasteiger partial charge on any atom is -1.00 e. The molecule has 0 aromatic carbocycles. The van der Waals surface area contributed by atoms with E-state index in [9.17, 15) is 9.59 Å². The number of hydrogen-bond acceptors (Lipinski definition) is 3. The number of ether oxygens (including phenoxy) is 1. The van der Waals surface area contributed by atoms with E-state index in [0.29, 0.717) is 12.8 Å². The first-order valence-electron chi connectivity index (χ1n) is 16.9. The summed E-state index contributed by atoms with van der Waals surface area (Å²) in [7, 11) is 0. The summed E-state index contributed by atoms with van der Waals surface area (Å²) < 4.78 is 5.00. The molecule has 0 aromatic heterocycles. The van der Waals surface area contributed by atoms with Crippen LogP contribution in [-0.2, 0) is 14.3 Å². The molecule has 0 atom stereocenters. The molecule has 0 saturated carbocycles. The van der Waals surface area contributed by atoms with Crippen molar-refractivity contribution in [1.82, 2.24) is 0 Å². The van der Waals surface area contributed by atoms with Gasteiger partial charge in [0.1, 0.15) is 0 Å². The quantitative estimate of drug-likeness (QED) is 0.0349. The first kappa shape index (κ1) is 51.2. The number of unbranched alkanes of at least 4 members (excludes halogenated alkanes) is 26. The van der Waals surface area contributed by atoms with Crippen LogP contribution in [-0.4, -0.2) is 69.0 Å². The average molecular weight is 612 g/mol. The van der Waals surface area contributed by atoms with Crippen molar-refractivity contribution >= 4 is 58.0 Å². The Labute approximate surface area is 294 Å². The van der Waals surface area contributed by atoms with E-state index in [0.717, 1.165) is 25.7 Å². The predicted molar refractivity (Wildman–Crippen MR) is 184 cm³/mol. The van der Waals surface area contributed by atoms with Crippen LogP contribution in [0.25, 0.3) is 0 Å². The van der Waals surface area contributed by atoms with Crippen molar-refractivity contribution in [1.29, 1.82) is 0 Å². The van der Waals surface area contributed by atoms with Crippen LogP contribution in [0.2, 0.25) is 0 Å². The molecule has 0 aromatic rings. The maximum atomic E-state index is 11.9. The molecular weight excluding hydrogens is 537 g/mol. The van der Waals surface area contributed by atoms with Crippen molar-refractivity contribution < 1.29 is 31.0 Å². The Morgan fingerprint density at radius 3 is 0.732 bits per heavy atom. The van der Waals surface area contributed by atoms with Crippen LogP contribution in [0.5, 0.6) is 0 Å². The van der Waals surface area contributed by atoms with E-state index in [-0.39, 0.29) is 74.7 Å². The molecule has 0 aliphatic rings. The number of carbonyl (C=O) groups excluding carboxylic acids is 2. The van der Waals surface area contributed by atoms with Gasteiger partial charge in [-0.2, -0.15) is 0 Å². The van der Waals surface area contributed by atoms with Gasteiger partial charge in [0.15, 0.2) is 0 Å². The molecule has 0 fully saturated rings. The van der Waals surface area contributed by atoms with E-state index in [2.05, 4.69) is 13.8 Å². The second kappa shape index (κ2) is 45.0. The SMILES string of the molecule is CCCCCCCCCCCCCCCCCC(=O)OC(=O)CCCCCCCCCCCCCCC.O.O.[H-].[H-].[H-].[H-].[Mg+2].[Mg+2]. The van der Waals surface area contributed by atoms with Crippen LogP contribution in [0.15, 0.2) is 0 Å². The third-order valence-electron chi connectivity index (χ3n) is 7.70. The Bertz CT molecular complexity index is 511. The van der Waals surface area contributed by atoms with Gasteiger partial charge in [0.2, 0.25) is 0 Å². The fraction of sp³-hybridized carbons (Fsp3) is 0.941. The predicted octanol–water partition coefficient (Wildman–Crippen LogP) is 9.84. The normalized spacial score (nSPS) is 10.1. The summed E-state index contributed by atoms with van der Waals surface area (Å²) >= 11 is 0. The van der Waals surface area contributed by atoms with Gasteiger partial charge in [-0.25, -0.2) is 0 Å².